The molecule has 1 unspecified atom stereocenters. The zero-order chi connectivity index (χ0) is 15.5. The summed E-state index contributed by atoms with van der Waals surface area (Å²) in [4.78, 5) is 7.19. The highest BCUT2D eigenvalue weighted by atomic mass is 32.1. The first-order valence-corrected chi connectivity index (χ1v) is 8.74. The lowest BCUT2D eigenvalue weighted by Gasteiger charge is -2.15. The Balaban J connectivity index is 1.49. The van der Waals surface area contributed by atoms with Crippen molar-refractivity contribution in [2.24, 2.45) is 13.0 Å². The van der Waals surface area contributed by atoms with Gasteiger partial charge < -0.3 is 15.0 Å². The van der Waals surface area contributed by atoms with Crippen molar-refractivity contribution in [3.8, 4) is 0 Å². The Hall–Kier alpha value is -1.18. The van der Waals surface area contributed by atoms with Gasteiger partial charge in [0.15, 0.2) is 10.8 Å². The number of anilines is 1. The summed E-state index contributed by atoms with van der Waals surface area (Å²) < 4.78 is 8.17. The molecule has 122 valence electrons. The molecule has 1 atom stereocenters. The number of aryl methyl sites for hydroxylation is 2. The SMILES string of the molecule is COCCCN1CCC(CNc2nc3c(s2)c(C)nn3C)C1. The largest absolute Gasteiger partial charge is 0.385 e. The van der Waals surface area contributed by atoms with E-state index < -0.39 is 0 Å². The molecule has 1 aliphatic heterocycles. The minimum Gasteiger partial charge on any atom is -0.385 e. The molecule has 1 N–H and O–H groups in total. The standard InChI is InChI=1S/C15H25N5OS/c1-11-13-14(19(2)18-11)17-15(22-13)16-9-12-5-7-20(10-12)6-4-8-21-3/h12H,4-10H2,1-3H3,(H,16,17). The van der Waals surface area contributed by atoms with Gasteiger partial charge in [0.1, 0.15) is 0 Å². The van der Waals surface area contributed by atoms with E-state index in [2.05, 4.69) is 20.3 Å². The average Bonchev–Trinajstić information content (AvgIpc) is 3.16. The van der Waals surface area contributed by atoms with Crippen LogP contribution in [-0.4, -0.2) is 59.6 Å². The van der Waals surface area contributed by atoms with Gasteiger partial charge in [0, 0.05) is 40.4 Å². The smallest absolute Gasteiger partial charge is 0.185 e. The summed E-state index contributed by atoms with van der Waals surface area (Å²) in [5.74, 6) is 0.716. The number of hydrogen-bond donors (Lipinski definition) is 1. The molecule has 3 rings (SSSR count). The molecule has 0 spiro atoms. The number of likely N-dealkylation sites (tertiary alicyclic amines) is 1. The van der Waals surface area contributed by atoms with Crippen LogP contribution < -0.4 is 5.32 Å². The van der Waals surface area contributed by atoms with Crippen molar-refractivity contribution < 1.29 is 4.74 Å². The molecule has 22 heavy (non-hydrogen) atoms. The Labute approximate surface area is 135 Å². The fourth-order valence-corrected chi connectivity index (χ4v) is 4.05. The second-order valence-electron chi connectivity index (χ2n) is 6.06. The maximum Gasteiger partial charge on any atom is 0.185 e. The van der Waals surface area contributed by atoms with Gasteiger partial charge in [0.2, 0.25) is 0 Å². The van der Waals surface area contributed by atoms with E-state index in [0.29, 0.717) is 5.92 Å². The highest BCUT2D eigenvalue weighted by Crippen LogP contribution is 2.28. The molecule has 3 heterocycles. The van der Waals surface area contributed by atoms with Crippen molar-refractivity contribution >= 4 is 26.8 Å². The predicted octanol–water partition coefficient (Wildman–Crippen LogP) is 2.11. The van der Waals surface area contributed by atoms with Crippen LogP contribution in [0.3, 0.4) is 0 Å². The van der Waals surface area contributed by atoms with Crippen LogP contribution in [0.4, 0.5) is 5.13 Å². The van der Waals surface area contributed by atoms with Crippen molar-refractivity contribution in [3.05, 3.63) is 5.69 Å². The summed E-state index contributed by atoms with van der Waals surface area (Å²) in [6.07, 6.45) is 2.40. The molecule has 0 bridgehead atoms. The monoisotopic (exact) mass is 323 g/mol. The summed E-state index contributed by atoms with van der Waals surface area (Å²) in [6, 6.07) is 0. The Morgan fingerprint density at radius 2 is 2.32 bits per heavy atom. The summed E-state index contributed by atoms with van der Waals surface area (Å²) >= 11 is 1.71. The number of aromatic nitrogens is 3. The van der Waals surface area contributed by atoms with Crippen LogP contribution in [0.25, 0.3) is 10.3 Å². The molecule has 2 aromatic heterocycles. The predicted molar refractivity (Wildman–Crippen MR) is 90.7 cm³/mol. The summed E-state index contributed by atoms with van der Waals surface area (Å²) in [7, 11) is 3.72. The van der Waals surface area contributed by atoms with E-state index in [9.17, 15) is 0 Å². The zero-order valence-electron chi connectivity index (χ0n) is 13.6. The second kappa shape index (κ2) is 6.93. The number of methoxy groups -OCH3 is 1. The second-order valence-corrected chi connectivity index (χ2v) is 7.06. The van der Waals surface area contributed by atoms with Gasteiger partial charge in [0.05, 0.1) is 10.4 Å². The Kier molecular flexibility index (Phi) is 4.95. The van der Waals surface area contributed by atoms with Gasteiger partial charge in [-0.15, -0.1) is 0 Å². The molecule has 1 aliphatic rings. The van der Waals surface area contributed by atoms with Crippen LogP contribution >= 0.6 is 11.3 Å². The van der Waals surface area contributed by atoms with Gasteiger partial charge in [-0.25, -0.2) is 9.67 Å². The van der Waals surface area contributed by atoms with E-state index >= 15 is 0 Å². The number of rotatable bonds is 7. The lowest BCUT2D eigenvalue weighted by atomic mass is 10.1. The molecule has 0 amide bonds. The third-order valence-corrected chi connectivity index (χ3v) is 5.39. The fourth-order valence-electron chi connectivity index (χ4n) is 3.11. The number of hydrogen-bond acceptors (Lipinski definition) is 6. The van der Waals surface area contributed by atoms with Crippen LogP contribution in [-0.2, 0) is 11.8 Å². The van der Waals surface area contributed by atoms with Crippen LogP contribution in [0.1, 0.15) is 18.5 Å². The average molecular weight is 323 g/mol. The lowest BCUT2D eigenvalue weighted by molar-refractivity contribution is 0.178. The molecule has 0 aromatic carbocycles. The first-order chi connectivity index (χ1) is 10.7. The molecule has 0 radical (unpaired) electrons. The molecule has 1 saturated heterocycles. The number of ether oxygens (including phenoxy) is 1. The van der Waals surface area contributed by atoms with Crippen LogP contribution in [0.2, 0.25) is 0 Å². The van der Waals surface area contributed by atoms with Crippen LogP contribution in [0.5, 0.6) is 0 Å². The highest BCUT2D eigenvalue weighted by Gasteiger charge is 2.22. The highest BCUT2D eigenvalue weighted by molar-refractivity contribution is 7.22. The minimum atomic E-state index is 0.716. The molecule has 2 aromatic rings. The first kappa shape index (κ1) is 15.7. The quantitative estimate of drug-likeness (QED) is 0.791. The number of nitrogens with one attached hydrogen (secondary N) is 1. The summed E-state index contributed by atoms with van der Waals surface area (Å²) in [6.45, 7) is 7.45. The van der Waals surface area contributed by atoms with Crippen molar-refractivity contribution in [1.82, 2.24) is 19.7 Å². The van der Waals surface area contributed by atoms with Crippen LogP contribution in [0.15, 0.2) is 0 Å². The molecular weight excluding hydrogens is 298 g/mol. The van der Waals surface area contributed by atoms with Crippen molar-refractivity contribution in [1.29, 1.82) is 0 Å². The number of fused-ring (bicyclic) bond motifs is 1. The summed E-state index contributed by atoms with van der Waals surface area (Å²) in [5.41, 5.74) is 2.05. The topological polar surface area (TPSA) is 55.2 Å². The van der Waals surface area contributed by atoms with Gasteiger partial charge in [-0.3, -0.25) is 0 Å². The third kappa shape index (κ3) is 3.42. The number of nitrogens with zero attached hydrogens (tertiary/aromatic N) is 4. The zero-order valence-corrected chi connectivity index (χ0v) is 14.4. The number of thiazole rings is 1. The van der Waals surface area contributed by atoms with E-state index in [0.717, 1.165) is 42.6 Å². The molecule has 0 saturated carbocycles. The van der Waals surface area contributed by atoms with E-state index in [4.69, 9.17) is 4.74 Å². The van der Waals surface area contributed by atoms with Gasteiger partial charge in [-0.05, 0) is 32.2 Å². The van der Waals surface area contributed by atoms with Crippen molar-refractivity contribution in [2.45, 2.75) is 19.8 Å². The van der Waals surface area contributed by atoms with E-state index in [1.165, 1.54) is 24.2 Å². The molecule has 1 fully saturated rings. The van der Waals surface area contributed by atoms with E-state index in [-0.39, 0.29) is 0 Å². The first-order valence-electron chi connectivity index (χ1n) is 7.92. The summed E-state index contributed by atoms with van der Waals surface area (Å²) in [5, 5.41) is 8.93. The van der Waals surface area contributed by atoms with Crippen LogP contribution in [0, 0.1) is 12.8 Å². The lowest BCUT2D eigenvalue weighted by Crippen LogP contribution is -2.24. The Bertz CT molecular complexity index is 588. The molecular formula is C15H25N5OS. The van der Waals surface area contributed by atoms with Gasteiger partial charge in [0.25, 0.3) is 0 Å². The Morgan fingerprint density at radius 3 is 3.09 bits per heavy atom. The maximum absolute atomic E-state index is 5.12. The molecule has 7 heteroatoms. The van der Waals surface area contributed by atoms with Gasteiger partial charge in [-0.2, -0.15) is 5.10 Å². The van der Waals surface area contributed by atoms with E-state index in [1.54, 1.807) is 18.4 Å². The fraction of sp³-hybridized carbons (Fsp3) is 0.733. The van der Waals surface area contributed by atoms with Crippen molar-refractivity contribution in [2.75, 3.05) is 45.2 Å². The Morgan fingerprint density at radius 1 is 1.45 bits per heavy atom. The van der Waals surface area contributed by atoms with Crippen molar-refractivity contribution in [3.63, 3.8) is 0 Å². The van der Waals surface area contributed by atoms with Gasteiger partial charge in [-0.1, -0.05) is 11.3 Å². The maximum atomic E-state index is 5.12. The normalized spacial score (nSPS) is 19.3. The third-order valence-electron chi connectivity index (χ3n) is 4.28. The van der Waals surface area contributed by atoms with Gasteiger partial charge >= 0.3 is 0 Å². The molecule has 6 nitrogen and oxygen atoms in total. The molecule has 0 aliphatic carbocycles. The van der Waals surface area contributed by atoms with E-state index in [1.807, 2.05) is 18.7 Å². The minimum absolute atomic E-state index is 0.716.